The fraction of sp³-hybridized carbons (Fsp3) is 0.0714. The Labute approximate surface area is 361 Å². The van der Waals surface area contributed by atoms with Crippen LogP contribution in [0.4, 0.5) is 34.1 Å². The van der Waals surface area contributed by atoms with Crippen molar-refractivity contribution in [3.8, 4) is 46.5 Å². The number of nitrogens with zero attached hydrogens (tertiary/aromatic N) is 6. The van der Waals surface area contributed by atoms with E-state index in [9.17, 15) is 21.0 Å². The number of fused-ring (bicyclic) bond motifs is 6. The van der Waals surface area contributed by atoms with Crippen LogP contribution in [-0.2, 0) is 10.8 Å². The Balaban J connectivity index is 1.21. The number of benzene rings is 8. The standard InChI is InChI=1S/C56H36N6/c1-55(51-9-5-3-7-47(51)49-29-27-45(31-53(49)55)61(41-19-11-37(33-57)12-20-41)42-21-13-38(34-58)14-22-42)56(2)52-10-6-4-8-48(52)50-30-28-46(32-54(50)56)62(43-23-15-39(35-59)16-24-43)44-25-17-40(36-60)18-26-44/h3-32H,1-2H3. The van der Waals surface area contributed by atoms with E-state index in [0.717, 1.165) is 34.1 Å². The summed E-state index contributed by atoms with van der Waals surface area (Å²) in [6.07, 6.45) is 0. The van der Waals surface area contributed by atoms with Gasteiger partial charge in [0.25, 0.3) is 0 Å². The maximum Gasteiger partial charge on any atom is 0.0991 e. The molecule has 6 nitrogen and oxygen atoms in total. The molecule has 2 unspecified atom stereocenters. The molecule has 0 N–H and O–H groups in total. The fourth-order valence-electron chi connectivity index (χ4n) is 9.95. The number of hydrogen-bond acceptors (Lipinski definition) is 6. The molecule has 0 spiro atoms. The van der Waals surface area contributed by atoms with E-state index < -0.39 is 10.8 Å². The summed E-state index contributed by atoms with van der Waals surface area (Å²) in [4.78, 5) is 4.38. The van der Waals surface area contributed by atoms with Gasteiger partial charge in [-0.1, -0.05) is 74.5 Å². The molecule has 0 amide bonds. The van der Waals surface area contributed by atoms with Crippen LogP contribution in [-0.4, -0.2) is 0 Å². The van der Waals surface area contributed by atoms with Crippen molar-refractivity contribution in [3.63, 3.8) is 0 Å². The van der Waals surface area contributed by atoms with Crippen LogP contribution in [0.5, 0.6) is 0 Å². The van der Waals surface area contributed by atoms with Crippen molar-refractivity contribution in [1.29, 1.82) is 21.0 Å². The summed E-state index contributed by atoms with van der Waals surface area (Å²) < 4.78 is 0. The van der Waals surface area contributed by atoms with Gasteiger partial charge in [-0.3, -0.25) is 0 Å². The van der Waals surface area contributed by atoms with Crippen LogP contribution in [0.15, 0.2) is 182 Å². The monoisotopic (exact) mass is 792 g/mol. The van der Waals surface area contributed by atoms with Crippen LogP contribution in [0.2, 0.25) is 0 Å². The van der Waals surface area contributed by atoms with Crippen LogP contribution in [0, 0.1) is 45.3 Å². The maximum atomic E-state index is 9.66. The lowest BCUT2D eigenvalue weighted by atomic mass is 9.56. The van der Waals surface area contributed by atoms with E-state index in [1.807, 2.05) is 97.1 Å². The lowest BCUT2D eigenvalue weighted by molar-refractivity contribution is 0.376. The Hall–Kier alpha value is -8.68. The highest BCUT2D eigenvalue weighted by Crippen LogP contribution is 2.65. The number of anilines is 6. The Bertz CT molecular complexity index is 2910. The third kappa shape index (κ3) is 5.60. The van der Waals surface area contributed by atoms with Gasteiger partial charge in [0.15, 0.2) is 0 Å². The Kier molecular flexibility index (Phi) is 8.82. The molecule has 8 aromatic rings. The molecule has 0 aromatic heterocycles. The predicted molar refractivity (Wildman–Crippen MR) is 245 cm³/mol. The average Bonchev–Trinajstić information content (AvgIpc) is 3.75. The molecule has 0 heterocycles. The molecule has 2 atom stereocenters. The molecule has 0 saturated carbocycles. The molecule has 0 fully saturated rings. The Morgan fingerprint density at radius 3 is 0.855 bits per heavy atom. The normalized spacial score (nSPS) is 16.3. The zero-order valence-electron chi connectivity index (χ0n) is 34.0. The quantitative estimate of drug-likeness (QED) is 0.159. The van der Waals surface area contributed by atoms with E-state index in [0.29, 0.717) is 22.3 Å². The lowest BCUT2D eigenvalue weighted by Crippen LogP contribution is -2.44. The van der Waals surface area contributed by atoms with E-state index in [2.05, 4.69) is 133 Å². The number of nitriles is 4. The van der Waals surface area contributed by atoms with Crippen molar-refractivity contribution in [1.82, 2.24) is 0 Å². The van der Waals surface area contributed by atoms with Crippen molar-refractivity contribution in [2.75, 3.05) is 9.80 Å². The molecule has 290 valence electrons. The van der Waals surface area contributed by atoms with Gasteiger partial charge in [-0.05, 0) is 166 Å². The summed E-state index contributed by atoms with van der Waals surface area (Å²) in [5, 5.41) is 38.6. The van der Waals surface area contributed by atoms with E-state index >= 15 is 0 Å². The number of hydrogen-bond donors (Lipinski definition) is 0. The highest BCUT2D eigenvalue weighted by molar-refractivity contribution is 5.92. The minimum absolute atomic E-state index is 0.577. The van der Waals surface area contributed by atoms with Crippen molar-refractivity contribution in [2.24, 2.45) is 0 Å². The van der Waals surface area contributed by atoms with Crippen molar-refractivity contribution >= 4 is 34.1 Å². The molecule has 0 bridgehead atoms. The maximum absolute atomic E-state index is 9.66. The second kappa shape index (κ2) is 14.5. The SMILES string of the molecule is CC1(C2(C)c3ccccc3-c3ccc(N(c4ccc(C#N)cc4)c4ccc(C#N)cc4)cc32)c2ccccc2-c2ccc(N(c3ccc(C#N)cc3)c3ccc(C#N)cc3)cc21. The van der Waals surface area contributed by atoms with Crippen LogP contribution in [0.1, 0.15) is 58.4 Å². The van der Waals surface area contributed by atoms with Crippen molar-refractivity contribution < 1.29 is 0 Å². The van der Waals surface area contributed by atoms with Gasteiger partial charge in [-0.25, -0.2) is 0 Å². The van der Waals surface area contributed by atoms with E-state index in [1.165, 1.54) is 44.5 Å². The van der Waals surface area contributed by atoms with Gasteiger partial charge in [0.2, 0.25) is 0 Å². The Morgan fingerprint density at radius 1 is 0.306 bits per heavy atom. The van der Waals surface area contributed by atoms with Gasteiger partial charge in [-0.2, -0.15) is 21.0 Å². The average molecular weight is 793 g/mol. The summed E-state index contributed by atoms with van der Waals surface area (Å²) >= 11 is 0. The molecule has 2 aliphatic rings. The zero-order chi connectivity index (χ0) is 42.6. The zero-order valence-corrected chi connectivity index (χ0v) is 34.0. The first-order chi connectivity index (χ1) is 30.3. The topological polar surface area (TPSA) is 102 Å². The smallest absolute Gasteiger partial charge is 0.0991 e. The second-order valence-electron chi connectivity index (χ2n) is 16.1. The second-order valence-corrected chi connectivity index (χ2v) is 16.1. The first-order valence-corrected chi connectivity index (χ1v) is 20.4. The summed E-state index contributed by atoms with van der Waals surface area (Å²) in [5.41, 5.74) is 16.2. The molecule has 62 heavy (non-hydrogen) atoms. The Morgan fingerprint density at radius 2 is 0.565 bits per heavy atom. The first kappa shape index (κ1) is 37.6. The van der Waals surface area contributed by atoms with Crippen LogP contribution >= 0.6 is 0 Å². The highest BCUT2D eigenvalue weighted by atomic mass is 15.1. The molecular weight excluding hydrogens is 757 g/mol. The van der Waals surface area contributed by atoms with E-state index in [1.54, 1.807) is 0 Å². The van der Waals surface area contributed by atoms with Crippen molar-refractivity contribution in [2.45, 2.75) is 24.7 Å². The van der Waals surface area contributed by atoms with E-state index in [4.69, 9.17) is 0 Å². The van der Waals surface area contributed by atoms with Gasteiger partial charge in [0, 0.05) is 45.0 Å². The molecule has 6 heteroatoms. The summed E-state index contributed by atoms with van der Waals surface area (Å²) in [7, 11) is 0. The summed E-state index contributed by atoms with van der Waals surface area (Å²) in [6.45, 7) is 4.79. The van der Waals surface area contributed by atoms with Gasteiger partial charge in [0.05, 0.1) is 46.5 Å². The minimum Gasteiger partial charge on any atom is -0.310 e. The molecule has 0 radical (unpaired) electrons. The molecule has 0 saturated heterocycles. The van der Waals surface area contributed by atoms with Gasteiger partial charge < -0.3 is 9.80 Å². The lowest BCUT2D eigenvalue weighted by Gasteiger charge is -2.45. The van der Waals surface area contributed by atoms with Crippen molar-refractivity contribution in [3.05, 3.63) is 226 Å². The third-order valence-corrected chi connectivity index (χ3v) is 13.1. The van der Waals surface area contributed by atoms with Gasteiger partial charge in [-0.15, -0.1) is 0 Å². The third-order valence-electron chi connectivity index (χ3n) is 13.1. The van der Waals surface area contributed by atoms with Crippen LogP contribution in [0.3, 0.4) is 0 Å². The van der Waals surface area contributed by atoms with Gasteiger partial charge in [0.1, 0.15) is 0 Å². The highest BCUT2D eigenvalue weighted by Gasteiger charge is 2.57. The number of rotatable bonds is 7. The molecule has 0 aliphatic heterocycles. The van der Waals surface area contributed by atoms with Crippen LogP contribution in [0.25, 0.3) is 22.3 Å². The first-order valence-electron chi connectivity index (χ1n) is 20.4. The summed E-state index contributed by atoms with van der Waals surface area (Å²) in [5.74, 6) is 0. The van der Waals surface area contributed by atoms with E-state index in [-0.39, 0.29) is 0 Å². The van der Waals surface area contributed by atoms with Gasteiger partial charge >= 0.3 is 0 Å². The molecular formula is C56H36N6. The molecule has 8 aromatic carbocycles. The summed E-state index contributed by atoms with van der Waals surface area (Å²) in [6, 6.07) is 70.5. The predicted octanol–water partition coefficient (Wildman–Crippen LogP) is 13.4. The molecule has 2 aliphatic carbocycles. The largest absolute Gasteiger partial charge is 0.310 e. The fourth-order valence-corrected chi connectivity index (χ4v) is 9.95. The van der Waals surface area contributed by atoms with Crippen LogP contribution < -0.4 is 9.80 Å². The minimum atomic E-state index is -0.594. The molecule has 10 rings (SSSR count).